The predicted octanol–water partition coefficient (Wildman–Crippen LogP) is 2.90. The first-order valence-corrected chi connectivity index (χ1v) is 6.07. The zero-order chi connectivity index (χ0) is 12.6. The molecule has 3 unspecified atom stereocenters. The third-order valence-electron chi connectivity index (χ3n) is 3.56. The summed E-state index contributed by atoms with van der Waals surface area (Å²) in [7, 11) is 0. The van der Waals surface area contributed by atoms with Crippen LogP contribution < -0.4 is 0 Å². The number of benzene rings is 1. The third kappa shape index (κ3) is 2.35. The average molecular weight is 238 g/mol. The van der Waals surface area contributed by atoms with Gasteiger partial charge in [0.25, 0.3) is 0 Å². The first-order valence-electron chi connectivity index (χ1n) is 6.07. The first-order chi connectivity index (χ1) is 8.00. The van der Waals surface area contributed by atoms with E-state index in [1.54, 1.807) is 26.0 Å². The Morgan fingerprint density at radius 3 is 2.41 bits per heavy atom. The second-order valence-corrected chi connectivity index (χ2v) is 5.01. The van der Waals surface area contributed by atoms with E-state index in [1.807, 2.05) is 0 Å². The summed E-state index contributed by atoms with van der Waals surface area (Å²) in [6.07, 6.45) is 0.144. The molecule has 17 heavy (non-hydrogen) atoms. The lowest BCUT2D eigenvalue weighted by molar-refractivity contribution is -0.0178. The molecule has 0 bridgehead atoms. The molecule has 0 aromatic heterocycles. The van der Waals surface area contributed by atoms with Crippen molar-refractivity contribution in [1.29, 1.82) is 0 Å². The van der Waals surface area contributed by atoms with Gasteiger partial charge in [0.2, 0.25) is 0 Å². The second-order valence-electron chi connectivity index (χ2n) is 5.01. The summed E-state index contributed by atoms with van der Waals surface area (Å²) in [6.45, 7) is 6.21. The van der Waals surface area contributed by atoms with E-state index in [9.17, 15) is 9.50 Å². The van der Waals surface area contributed by atoms with Crippen molar-refractivity contribution >= 4 is 0 Å². The molecule has 0 radical (unpaired) electrons. The molecule has 2 nitrogen and oxygen atoms in total. The maximum Gasteiger partial charge on any atom is 0.129 e. The molecule has 1 heterocycles. The van der Waals surface area contributed by atoms with E-state index in [1.165, 1.54) is 0 Å². The van der Waals surface area contributed by atoms with Crippen LogP contribution in [0.4, 0.5) is 4.39 Å². The Morgan fingerprint density at radius 2 is 1.94 bits per heavy atom. The van der Waals surface area contributed by atoms with Gasteiger partial charge in [-0.05, 0) is 42.9 Å². The molecule has 0 amide bonds. The van der Waals surface area contributed by atoms with Crippen molar-refractivity contribution in [2.45, 2.75) is 39.4 Å². The van der Waals surface area contributed by atoms with E-state index >= 15 is 0 Å². The Bertz CT molecular complexity index is 394. The molecule has 1 aliphatic rings. The largest absolute Gasteiger partial charge is 0.386 e. The van der Waals surface area contributed by atoms with Gasteiger partial charge in [-0.2, -0.15) is 0 Å². The average Bonchev–Trinajstić information content (AvgIpc) is 2.70. The van der Waals surface area contributed by atoms with Gasteiger partial charge in [-0.3, -0.25) is 0 Å². The Morgan fingerprint density at radius 1 is 1.35 bits per heavy atom. The molecular weight excluding hydrogens is 219 g/mol. The van der Waals surface area contributed by atoms with Crippen molar-refractivity contribution in [3.8, 4) is 0 Å². The van der Waals surface area contributed by atoms with Gasteiger partial charge >= 0.3 is 0 Å². The topological polar surface area (TPSA) is 29.5 Å². The number of aliphatic hydroxyl groups excluding tert-OH is 1. The number of hydrogen-bond donors (Lipinski definition) is 1. The van der Waals surface area contributed by atoms with Crippen LogP contribution in [-0.4, -0.2) is 17.8 Å². The summed E-state index contributed by atoms with van der Waals surface area (Å²) in [5.74, 6) is 0.150. The number of hydrogen-bond acceptors (Lipinski definition) is 2. The van der Waals surface area contributed by atoms with Crippen LogP contribution in [0, 0.1) is 25.6 Å². The van der Waals surface area contributed by atoms with Gasteiger partial charge < -0.3 is 9.84 Å². The SMILES string of the molecule is Cc1cc(C(O)C2OCCC2C)cc(C)c1F. The Labute approximate surface area is 101 Å². The molecule has 1 aromatic carbocycles. The van der Waals surface area contributed by atoms with E-state index in [-0.39, 0.29) is 11.9 Å². The van der Waals surface area contributed by atoms with Crippen LogP contribution in [0.25, 0.3) is 0 Å². The maximum atomic E-state index is 13.5. The monoisotopic (exact) mass is 238 g/mol. The van der Waals surface area contributed by atoms with E-state index in [0.717, 1.165) is 12.0 Å². The molecule has 0 aliphatic carbocycles. The molecule has 3 heteroatoms. The number of aliphatic hydroxyl groups is 1. The number of ether oxygens (including phenoxy) is 1. The van der Waals surface area contributed by atoms with Crippen LogP contribution in [0.1, 0.15) is 36.1 Å². The summed E-state index contributed by atoms with van der Waals surface area (Å²) < 4.78 is 19.1. The van der Waals surface area contributed by atoms with Crippen LogP contribution in [0.5, 0.6) is 0 Å². The minimum absolute atomic E-state index is 0.167. The quantitative estimate of drug-likeness (QED) is 0.858. The van der Waals surface area contributed by atoms with Crippen molar-refractivity contribution in [1.82, 2.24) is 0 Å². The van der Waals surface area contributed by atoms with Crippen LogP contribution in [0.3, 0.4) is 0 Å². The van der Waals surface area contributed by atoms with E-state index < -0.39 is 6.10 Å². The summed E-state index contributed by atoms with van der Waals surface area (Å²) in [5, 5.41) is 10.3. The van der Waals surface area contributed by atoms with Crippen molar-refractivity contribution in [3.63, 3.8) is 0 Å². The van der Waals surface area contributed by atoms with Gasteiger partial charge in [0.1, 0.15) is 11.9 Å². The van der Waals surface area contributed by atoms with Gasteiger partial charge in [0.15, 0.2) is 0 Å². The second kappa shape index (κ2) is 4.75. The lowest BCUT2D eigenvalue weighted by atomic mass is 9.93. The van der Waals surface area contributed by atoms with Crippen molar-refractivity contribution < 1.29 is 14.2 Å². The fourth-order valence-corrected chi connectivity index (χ4v) is 2.46. The van der Waals surface area contributed by atoms with Gasteiger partial charge in [0.05, 0.1) is 6.10 Å². The minimum Gasteiger partial charge on any atom is -0.386 e. The molecule has 0 saturated carbocycles. The summed E-state index contributed by atoms with van der Waals surface area (Å²) in [5.41, 5.74) is 1.90. The van der Waals surface area contributed by atoms with Gasteiger partial charge in [-0.1, -0.05) is 19.1 Å². The highest BCUT2D eigenvalue weighted by Gasteiger charge is 2.32. The third-order valence-corrected chi connectivity index (χ3v) is 3.56. The molecule has 0 spiro atoms. The molecule has 2 rings (SSSR count). The van der Waals surface area contributed by atoms with Crippen molar-refractivity contribution in [2.75, 3.05) is 6.61 Å². The normalized spacial score (nSPS) is 26.2. The smallest absolute Gasteiger partial charge is 0.129 e. The minimum atomic E-state index is -0.662. The number of aryl methyl sites for hydroxylation is 2. The molecule has 1 saturated heterocycles. The number of halogens is 1. The highest BCUT2D eigenvalue weighted by Crippen LogP contribution is 2.32. The van der Waals surface area contributed by atoms with Crippen LogP contribution in [0.15, 0.2) is 12.1 Å². The van der Waals surface area contributed by atoms with E-state index in [0.29, 0.717) is 23.7 Å². The molecule has 1 aliphatic heterocycles. The van der Waals surface area contributed by atoms with Gasteiger partial charge in [0, 0.05) is 6.61 Å². The van der Waals surface area contributed by atoms with Crippen molar-refractivity contribution in [2.24, 2.45) is 5.92 Å². The summed E-state index contributed by atoms with van der Waals surface area (Å²) in [4.78, 5) is 0. The van der Waals surface area contributed by atoms with E-state index in [2.05, 4.69) is 6.92 Å². The fraction of sp³-hybridized carbons (Fsp3) is 0.571. The van der Waals surface area contributed by atoms with Crippen LogP contribution >= 0.6 is 0 Å². The van der Waals surface area contributed by atoms with Gasteiger partial charge in [-0.25, -0.2) is 4.39 Å². The van der Waals surface area contributed by atoms with Crippen LogP contribution in [0.2, 0.25) is 0 Å². The summed E-state index contributed by atoms with van der Waals surface area (Å²) >= 11 is 0. The number of rotatable bonds is 2. The zero-order valence-electron chi connectivity index (χ0n) is 10.5. The fourth-order valence-electron chi connectivity index (χ4n) is 2.46. The van der Waals surface area contributed by atoms with Crippen molar-refractivity contribution in [3.05, 3.63) is 34.6 Å². The highest BCUT2D eigenvalue weighted by molar-refractivity contribution is 5.32. The molecule has 1 fully saturated rings. The lowest BCUT2D eigenvalue weighted by Crippen LogP contribution is -2.23. The standard InChI is InChI=1S/C14H19FO2/c1-8-4-5-17-14(8)13(16)11-6-9(2)12(15)10(3)7-11/h6-8,13-14,16H,4-5H2,1-3H3. The van der Waals surface area contributed by atoms with Crippen LogP contribution in [-0.2, 0) is 4.74 Å². The predicted molar refractivity (Wildman–Crippen MR) is 64.4 cm³/mol. The molecule has 94 valence electrons. The van der Waals surface area contributed by atoms with E-state index in [4.69, 9.17) is 4.74 Å². The van der Waals surface area contributed by atoms with Gasteiger partial charge in [-0.15, -0.1) is 0 Å². The Balaban J connectivity index is 2.27. The molecule has 1 aromatic rings. The highest BCUT2D eigenvalue weighted by atomic mass is 19.1. The molecule has 1 N–H and O–H groups in total. The Kier molecular flexibility index (Phi) is 3.50. The maximum absolute atomic E-state index is 13.5. The molecule has 3 atom stereocenters. The lowest BCUT2D eigenvalue weighted by Gasteiger charge is -2.22. The summed E-state index contributed by atoms with van der Waals surface area (Å²) in [6, 6.07) is 3.42. The molecular formula is C14H19FO2. The Hall–Kier alpha value is -0.930. The first kappa shape index (κ1) is 12.5. The zero-order valence-corrected chi connectivity index (χ0v) is 10.5.